The van der Waals surface area contributed by atoms with Crippen molar-refractivity contribution >= 4 is 11.8 Å². The molecule has 0 N–H and O–H groups in total. The maximum Gasteiger partial charge on any atom is 0.261 e. The molecule has 0 bridgehead atoms. The number of carbonyl (C=O) groups is 2. The first kappa shape index (κ1) is 26.7. The van der Waals surface area contributed by atoms with Crippen molar-refractivity contribution in [3.63, 3.8) is 0 Å². The molecule has 0 unspecified atom stereocenters. The zero-order chi connectivity index (χ0) is 26.0. The molecule has 0 atom stereocenters. The van der Waals surface area contributed by atoms with Crippen molar-refractivity contribution in [2.24, 2.45) is 0 Å². The van der Waals surface area contributed by atoms with Crippen molar-refractivity contribution in [2.75, 3.05) is 13.2 Å². The molecule has 194 valence electrons. The van der Waals surface area contributed by atoms with E-state index in [-0.39, 0.29) is 11.8 Å². The van der Waals surface area contributed by atoms with E-state index in [0.717, 1.165) is 44.5 Å². The number of fused-ring (bicyclic) bond motifs is 1. The Bertz CT molecular complexity index is 1180. The number of aryl methyl sites for hydroxylation is 2. The highest BCUT2D eigenvalue weighted by atomic mass is 16.5. The lowest BCUT2D eigenvalue weighted by Crippen LogP contribution is -2.30. The number of amides is 2. The fourth-order valence-corrected chi connectivity index (χ4v) is 5.00. The Morgan fingerprint density at radius 3 is 2.00 bits per heavy atom. The summed E-state index contributed by atoms with van der Waals surface area (Å²) in [6.07, 6.45) is 9.94. The van der Waals surface area contributed by atoms with E-state index in [1.807, 2.05) is 12.1 Å². The Morgan fingerprint density at radius 2 is 1.32 bits per heavy atom. The van der Waals surface area contributed by atoms with Crippen LogP contribution in [0, 0.1) is 6.92 Å². The van der Waals surface area contributed by atoms with Crippen LogP contribution in [0.25, 0.3) is 11.1 Å². The zero-order valence-electron chi connectivity index (χ0n) is 22.3. The minimum absolute atomic E-state index is 0.143. The molecule has 4 rings (SSSR count). The van der Waals surface area contributed by atoms with Crippen molar-refractivity contribution in [3.05, 3.63) is 89.0 Å². The Balaban J connectivity index is 1.09. The summed E-state index contributed by atoms with van der Waals surface area (Å²) in [6, 6.07) is 22.3. The van der Waals surface area contributed by atoms with Gasteiger partial charge in [-0.25, -0.2) is 0 Å². The third-order valence-corrected chi connectivity index (χ3v) is 7.20. The van der Waals surface area contributed by atoms with Crippen LogP contribution >= 0.6 is 0 Å². The molecule has 3 aromatic carbocycles. The number of unbranched alkanes of at least 4 members (excludes halogenated alkanes) is 7. The van der Waals surface area contributed by atoms with E-state index >= 15 is 0 Å². The molecule has 0 saturated heterocycles. The van der Waals surface area contributed by atoms with E-state index in [1.54, 1.807) is 12.1 Å². The Labute approximate surface area is 221 Å². The number of hydrogen-bond donors (Lipinski definition) is 0. The lowest BCUT2D eigenvalue weighted by Gasteiger charge is -2.14. The highest BCUT2D eigenvalue weighted by Crippen LogP contribution is 2.32. The molecule has 3 aromatic rings. The van der Waals surface area contributed by atoms with Crippen LogP contribution in [0.1, 0.15) is 90.1 Å². The summed E-state index contributed by atoms with van der Waals surface area (Å²) in [5.74, 6) is 0.691. The molecule has 0 fully saturated rings. The molecule has 4 nitrogen and oxygen atoms in total. The van der Waals surface area contributed by atoms with Crippen LogP contribution in [-0.2, 0) is 6.42 Å². The number of rotatable bonds is 14. The second-order valence-corrected chi connectivity index (χ2v) is 10.0. The van der Waals surface area contributed by atoms with E-state index in [9.17, 15) is 9.59 Å². The predicted molar refractivity (Wildman–Crippen MR) is 150 cm³/mol. The summed E-state index contributed by atoms with van der Waals surface area (Å²) in [6.45, 7) is 5.56. The van der Waals surface area contributed by atoms with Gasteiger partial charge in [0.2, 0.25) is 0 Å². The number of nitrogens with zero attached hydrogens (tertiary/aromatic N) is 1. The average Bonchev–Trinajstić information content (AvgIpc) is 3.16. The van der Waals surface area contributed by atoms with E-state index < -0.39 is 0 Å². The van der Waals surface area contributed by atoms with Crippen LogP contribution in [0.3, 0.4) is 0 Å². The SMILES string of the molecule is CCc1cccc(-c2ccc(C)cc2OCCCCCCCCCCN2C(=O)c3ccccc3C2=O)c1. The van der Waals surface area contributed by atoms with Crippen LogP contribution in [0.2, 0.25) is 0 Å². The summed E-state index contributed by atoms with van der Waals surface area (Å²) in [4.78, 5) is 26.2. The number of ether oxygens (including phenoxy) is 1. The topological polar surface area (TPSA) is 46.6 Å². The van der Waals surface area contributed by atoms with E-state index in [4.69, 9.17) is 4.74 Å². The van der Waals surface area contributed by atoms with Gasteiger partial charge in [0.15, 0.2) is 0 Å². The normalized spacial score (nSPS) is 12.8. The van der Waals surface area contributed by atoms with Crippen molar-refractivity contribution < 1.29 is 14.3 Å². The highest BCUT2D eigenvalue weighted by Gasteiger charge is 2.34. The molecule has 1 aliphatic rings. The van der Waals surface area contributed by atoms with Gasteiger partial charge in [-0.3, -0.25) is 14.5 Å². The fraction of sp³-hybridized carbons (Fsp3) is 0.394. The molecule has 0 aliphatic carbocycles. The summed E-state index contributed by atoms with van der Waals surface area (Å²) >= 11 is 0. The smallest absolute Gasteiger partial charge is 0.261 e. The molecule has 0 saturated carbocycles. The lowest BCUT2D eigenvalue weighted by atomic mass is 10.00. The van der Waals surface area contributed by atoms with Gasteiger partial charge >= 0.3 is 0 Å². The van der Waals surface area contributed by atoms with Crippen LogP contribution in [0.15, 0.2) is 66.7 Å². The quantitative estimate of drug-likeness (QED) is 0.167. The van der Waals surface area contributed by atoms with Crippen molar-refractivity contribution in [1.29, 1.82) is 0 Å². The van der Waals surface area contributed by atoms with Gasteiger partial charge in [-0.1, -0.05) is 94.0 Å². The number of imide groups is 1. The Hall–Kier alpha value is -3.40. The number of benzene rings is 3. The summed E-state index contributed by atoms with van der Waals surface area (Å²) in [5.41, 5.74) is 6.03. The third kappa shape index (κ3) is 6.88. The molecule has 0 radical (unpaired) electrons. The summed E-state index contributed by atoms with van der Waals surface area (Å²) in [7, 11) is 0. The molecule has 2 amide bonds. The Morgan fingerprint density at radius 1 is 0.676 bits per heavy atom. The lowest BCUT2D eigenvalue weighted by molar-refractivity contribution is 0.0651. The second-order valence-electron chi connectivity index (χ2n) is 10.0. The molecule has 0 aromatic heterocycles. The van der Waals surface area contributed by atoms with Crippen LogP contribution in [0.4, 0.5) is 0 Å². The molecular weight excluding hydrogens is 458 g/mol. The highest BCUT2D eigenvalue weighted by molar-refractivity contribution is 6.21. The fourth-order valence-electron chi connectivity index (χ4n) is 5.00. The van der Waals surface area contributed by atoms with Gasteiger partial charge < -0.3 is 4.74 Å². The van der Waals surface area contributed by atoms with E-state index in [0.29, 0.717) is 17.7 Å². The van der Waals surface area contributed by atoms with E-state index in [2.05, 4.69) is 56.3 Å². The van der Waals surface area contributed by atoms with Crippen LogP contribution in [-0.4, -0.2) is 29.9 Å². The zero-order valence-corrected chi connectivity index (χ0v) is 22.3. The van der Waals surface area contributed by atoms with Gasteiger partial charge in [0.05, 0.1) is 17.7 Å². The maximum absolute atomic E-state index is 12.4. The predicted octanol–water partition coefficient (Wildman–Crippen LogP) is 8.02. The van der Waals surface area contributed by atoms with Gasteiger partial charge in [0.25, 0.3) is 11.8 Å². The number of carbonyl (C=O) groups excluding carboxylic acids is 2. The first-order valence-corrected chi connectivity index (χ1v) is 13.9. The standard InChI is InChI=1S/C33H39NO3/c1-3-26-15-14-16-27(24-26)28-20-19-25(2)23-31(28)37-22-13-9-7-5-4-6-8-12-21-34-32(35)29-17-10-11-18-30(29)33(34)36/h10-11,14-20,23-24H,3-9,12-13,21-22H2,1-2H3. The van der Waals surface area contributed by atoms with Crippen molar-refractivity contribution in [3.8, 4) is 16.9 Å². The third-order valence-electron chi connectivity index (χ3n) is 7.20. The molecule has 4 heteroatoms. The van der Waals surface area contributed by atoms with Gasteiger partial charge in [-0.15, -0.1) is 0 Å². The largest absolute Gasteiger partial charge is 0.493 e. The minimum atomic E-state index is -0.143. The first-order valence-electron chi connectivity index (χ1n) is 13.9. The maximum atomic E-state index is 12.4. The van der Waals surface area contributed by atoms with Gasteiger partial charge in [-0.05, 0) is 61.1 Å². The van der Waals surface area contributed by atoms with Gasteiger partial charge in [-0.2, -0.15) is 0 Å². The van der Waals surface area contributed by atoms with Crippen molar-refractivity contribution in [1.82, 2.24) is 4.90 Å². The summed E-state index contributed by atoms with van der Waals surface area (Å²) < 4.78 is 6.24. The Kier molecular flexibility index (Phi) is 9.53. The summed E-state index contributed by atoms with van der Waals surface area (Å²) in [5, 5.41) is 0. The molecular formula is C33H39NO3. The average molecular weight is 498 g/mol. The second kappa shape index (κ2) is 13.2. The van der Waals surface area contributed by atoms with Gasteiger partial charge in [0, 0.05) is 12.1 Å². The molecule has 37 heavy (non-hydrogen) atoms. The van der Waals surface area contributed by atoms with Crippen LogP contribution < -0.4 is 4.74 Å². The van der Waals surface area contributed by atoms with Gasteiger partial charge in [0.1, 0.15) is 5.75 Å². The minimum Gasteiger partial charge on any atom is -0.493 e. The first-order chi connectivity index (χ1) is 18.1. The molecule has 1 aliphatic heterocycles. The number of hydrogen-bond acceptors (Lipinski definition) is 3. The monoisotopic (exact) mass is 497 g/mol. The molecule has 1 heterocycles. The van der Waals surface area contributed by atoms with Crippen molar-refractivity contribution in [2.45, 2.75) is 71.6 Å². The van der Waals surface area contributed by atoms with E-state index in [1.165, 1.54) is 52.8 Å². The van der Waals surface area contributed by atoms with Crippen LogP contribution in [0.5, 0.6) is 5.75 Å². The molecule has 0 spiro atoms.